The SMILES string of the molecule is O=C(O)CCCCNCCc1ccc(F)cc1F. The Kier molecular flexibility index (Phi) is 6.28. The van der Waals surface area contributed by atoms with Crippen LogP contribution in [0.2, 0.25) is 0 Å². The summed E-state index contributed by atoms with van der Waals surface area (Å²) in [6.07, 6.45) is 2.07. The summed E-state index contributed by atoms with van der Waals surface area (Å²) in [6, 6.07) is 3.56. The molecule has 18 heavy (non-hydrogen) atoms. The summed E-state index contributed by atoms with van der Waals surface area (Å²) in [6.45, 7) is 1.30. The van der Waals surface area contributed by atoms with E-state index >= 15 is 0 Å². The molecule has 0 atom stereocenters. The molecule has 0 aliphatic rings. The number of hydrogen-bond donors (Lipinski definition) is 2. The summed E-state index contributed by atoms with van der Waals surface area (Å²) in [5, 5.41) is 11.5. The first-order valence-corrected chi connectivity index (χ1v) is 5.96. The lowest BCUT2D eigenvalue weighted by molar-refractivity contribution is -0.137. The maximum atomic E-state index is 13.2. The Bertz CT molecular complexity index is 397. The van der Waals surface area contributed by atoms with Gasteiger partial charge in [0.15, 0.2) is 0 Å². The van der Waals surface area contributed by atoms with Crippen LogP contribution in [0.25, 0.3) is 0 Å². The van der Waals surface area contributed by atoms with Gasteiger partial charge in [0.2, 0.25) is 0 Å². The van der Waals surface area contributed by atoms with Crippen LogP contribution >= 0.6 is 0 Å². The van der Waals surface area contributed by atoms with Crippen LogP contribution in [0.15, 0.2) is 18.2 Å². The summed E-state index contributed by atoms with van der Waals surface area (Å²) in [5.74, 6) is -1.89. The molecule has 2 N–H and O–H groups in total. The lowest BCUT2D eigenvalue weighted by Crippen LogP contribution is -2.19. The maximum absolute atomic E-state index is 13.2. The quantitative estimate of drug-likeness (QED) is 0.703. The van der Waals surface area contributed by atoms with Crippen molar-refractivity contribution < 1.29 is 18.7 Å². The van der Waals surface area contributed by atoms with Gasteiger partial charge < -0.3 is 10.4 Å². The third kappa shape index (κ3) is 5.72. The number of aliphatic carboxylic acids is 1. The Hall–Kier alpha value is -1.49. The van der Waals surface area contributed by atoms with Gasteiger partial charge in [-0.15, -0.1) is 0 Å². The minimum absolute atomic E-state index is 0.175. The third-order valence-electron chi connectivity index (χ3n) is 2.58. The second-order valence-corrected chi connectivity index (χ2v) is 4.09. The van der Waals surface area contributed by atoms with Gasteiger partial charge in [-0.25, -0.2) is 8.78 Å². The van der Waals surface area contributed by atoms with Crippen molar-refractivity contribution in [1.82, 2.24) is 5.32 Å². The molecule has 1 aromatic carbocycles. The molecule has 0 saturated heterocycles. The number of halogens is 2. The van der Waals surface area contributed by atoms with Crippen LogP contribution in [0, 0.1) is 11.6 Å². The number of carboxylic acid groups (broad SMARTS) is 1. The molecule has 0 aliphatic heterocycles. The van der Waals surface area contributed by atoms with Gasteiger partial charge in [-0.3, -0.25) is 4.79 Å². The molecular formula is C13H17F2NO2. The molecule has 0 aliphatic carbocycles. The lowest BCUT2D eigenvalue weighted by atomic mass is 10.1. The van der Waals surface area contributed by atoms with Crippen molar-refractivity contribution in [3.8, 4) is 0 Å². The molecule has 3 nitrogen and oxygen atoms in total. The van der Waals surface area contributed by atoms with E-state index in [1.54, 1.807) is 0 Å². The maximum Gasteiger partial charge on any atom is 0.303 e. The Morgan fingerprint density at radius 2 is 2.00 bits per heavy atom. The van der Waals surface area contributed by atoms with E-state index in [-0.39, 0.29) is 6.42 Å². The van der Waals surface area contributed by atoms with Gasteiger partial charge in [-0.1, -0.05) is 6.07 Å². The third-order valence-corrected chi connectivity index (χ3v) is 2.58. The molecule has 100 valence electrons. The van der Waals surface area contributed by atoms with Crippen molar-refractivity contribution in [1.29, 1.82) is 0 Å². The number of benzene rings is 1. The Labute approximate surface area is 105 Å². The van der Waals surface area contributed by atoms with Crippen LogP contribution < -0.4 is 5.32 Å². The second kappa shape index (κ2) is 7.76. The van der Waals surface area contributed by atoms with Crippen molar-refractivity contribution in [2.24, 2.45) is 0 Å². The number of nitrogens with one attached hydrogen (secondary N) is 1. The monoisotopic (exact) mass is 257 g/mol. The van der Waals surface area contributed by atoms with E-state index in [1.165, 1.54) is 12.1 Å². The average Bonchev–Trinajstić information content (AvgIpc) is 2.30. The van der Waals surface area contributed by atoms with Crippen LogP contribution in [0.1, 0.15) is 24.8 Å². The summed E-state index contributed by atoms with van der Waals surface area (Å²) in [4.78, 5) is 10.2. The van der Waals surface area contributed by atoms with Crippen LogP contribution in [0.5, 0.6) is 0 Å². The van der Waals surface area contributed by atoms with Gasteiger partial charge >= 0.3 is 5.97 Å². The molecule has 1 rings (SSSR count). The van der Waals surface area contributed by atoms with Gasteiger partial charge in [0.05, 0.1) is 0 Å². The Morgan fingerprint density at radius 3 is 2.67 bits per heavy atom. The molecule has 1 aromatic rings. The zero-order chi connectivity index (χ0) is 13.4. The Morgan fingerprint density at radius 1 is 1.22 bits per heavy atom. The van der Waals surface area contributed by atoms with Gasteiger partial charge in [-0.2, -0.15) is 0 Å². The average molecular weight is 257 g/mol. The Balaban J connectivity index is 2.12. The van der Waals surface area contributed by atoms with Crippen molar-refractivity contribution >= 4 is 5.97 Å². The second-order valence-electron chi connectivity index (χ2n) is 4.09. The van der Waals surface area contributed by atoms with Crippen molar-refractivity contribution in [3.05, 3.63) is 35.4 Å². The van der Waals surface area contributed by atoms with Crippen LogP contribution in [0.4, 0.5) is 8.78 Å². The first-order chi connectivity index (χ1) is 8.59. The molecule has 0 heterocycles. The number of rotatable bonds is 8. The topological polar surface area (TPSA) is 49.3 Å². The minimum atomic E-state index is -0.789. The first-order valence-electron chi connectivity index (χ1n) is 5.96. The molecule has 0 radical (unpaired) electrons. The number of carboxylic acids is 1. The van der Waals surface area contributed by atoms with Gasteiger partial charge in [0.25, 0.3) is 0 Å². The van der Waals surface area contributed by atoms with Crippen LogP contribution in [0.3, 0.4) is 0 Å². The molecule has 5 heteroatoms. The van der Waals surface area contributed by atoms with E-state index in [2.05, 4.69) is 5.32 Å². The fourth-order valence-electron chi connectivity index (χ4n) is 1.60. The summed E-state index contributed by atoms with van der Waals surface area (Å²) in [5.41, 5.74) is 0.481. The summed E-state index contributed by atoms with van der Waals surface area (Å²) < 4.78 is 25.9. The molecule has 0 fully saturated rings. The minimum Gasteiger partial charge on any atom is -0.481 e. The van der Waals surface area contributed by atoms with Crippen molar-refractivity contribution in [2.75, 3.05) is 13.1 Å². The molecule has 0 saturated carbocycles. The van der Waals surface area contributed by atoms with E-state index in [0.29, 0.717) is 31.5 Å². The molecule has 0 aromatic heterocycles. The number of hydrogen-bond acceptors (Lipinski definition) is 2. The number of unbranched alkanes of at least 4 members (excludes halogenated alkanes) is 1. The van der Waals surface area contributed by atoms with Gasteiger partial charge in [0, 0.05) is 12.5 Å². The molecular weight excluding hydrogens is 240 g/mol. The molecule has 0 bridgehead atoms. The highest BCUT2D eigenvalue weighted by Crippen LogP contribution is 2.09. The zero-order valence-corrected chi connectivity index (χ0v) is 10.1. The summed E-state index contributed by atoms with van der Waals surface area (Å²) in [7, 11) is 0. The van der Waals surface area contributed by atoms with E-state index in [1.807, 2.05) is 0 Å². The van der Waals surface area contributed by atoms with E-state index < -0.39 is 17.6 Å². The largest absolute Gasteiger partial charge is 0.481 e. The molecule has 0 unspecified atom stereocenters. The fourth-order valence-corrected chi connectivity index (χ4v) is 1.60. The summed E-state index contributed by atoms with van der Waals surface area (Å²) >= 11 is 0. The van der Waals surface area contributed by atoms with Crippen molar-refractivity contribution in [2.45, 2.75) is 25.7 Å². The first kappa shape index (κ1) is 14.6. The van der Waals surface area contributed by atoms with Crippen LogP contribution in [-0.2, 0) is 11.2 Å². The van der Waals surface area contributed by atoms with E-state index in [0.717, 1.165) is 12.5 Å². The van der Waals surface area contributed by atoms with Crippen LogP contribution in [-0.4, -0.2) is 24.2 Å². The highest BCUT2D eigenvalue weighted by molar-refractivity contribution is 5.66. The standard InChI is InChI=1S/C13H17F2NO2/c14-11-5-4-10(12(15)9-11)6-8-16-7-2-1-3-13(17)18/h4-5,9,16H,1-3,6-8H2,(H,17,18). The normalized spacial score (nSPS) is 10.6. The van der Waals surface area contributed by atoms with Gasteiger partial charge in [0.1, 0.15) is 11.6 Å². The smallest absolute Gasteiger partial charge is 0.303 e. The predicted octanol–water partition coefficient (Wildman–Crippen LogP) is 2.35. The molecule has 0 amide bonds. The van der Waals surface area contributed by atoms with E-state index in [9.17, 15) is 13.6 Å². The van der Waals surface area contributed by atoms with Gasteiger partial charge in [-0.05, 0) is 44.0 Å². The highest BCUT2D eigenvalue weighted by Gasteiger charge is 2.03. The number of carbonyl (C=O) groups is 1. The zero-order valence-electron chi connectivity index (χ0n) is 10.1. The highest BCUT2D eigenvalue weighted by atomic mass is 19.1. The van der Waals surface area contributed by atoms with E-state index in [4.69, 9.17) is 5.11 Å². The molecule has 0 spiro atoms. The lowest BCUT2D eigenvalue weighted by Gasteiger charge is -2.05. The van der Waals surface area contributed by atoms with Crippen molar-refractivity contribution in [3.63, 3.8) is 0 Å². The fraction of sp³-hybridized carbons (Fsp3) is 0.462. The predicted molar refractivity (Wildman–Crippen MR) is 64.4 cm³/mol.